The summed E-state index contributed by atoms with van der Waals surface area (Å²) in [4.78, 5) is 1.42. The molecule has 1 aromatic rings. The first-order valence-electron chi connectivity index (χ1n) is 5.39. The third-order valence-corrected chi connectivity index (χ3v) is 3.57. The standard InChI is InChI=1S/C12H21NOS/c1-9(8-14-4)7-12(13-3)11-5-6-15-10(11)2/h5-6,9,12-13H,7-8H2,1-4H3. The first-order valence-corrected chi connectivity index (χ1v) is 6.27. The van der Waals surface area contributed by atoms with Gasteiger partial charge in [0.25, 0.3) is 0 Å². The van der Waals surface area contributed by atoms with Crippen molar-refractivity contribution in [3.8, 4) is 0 Å². The van der Waals surface area contributed by atoms with Crippen LogP contribution in [0.4, 0.5) is 0 Å². The van der Waals surface area contributed by atoms with Crippen LogP contribution in [0.2, 0.25) is 0 Å². The molecule has 1 N–H and O–H groups in total. The van der Waals surface area contributed by atoms with Crippen LogP contribution in [0.3, 0.4) is 0 Å². The van der Waals surface area contributed by atoms with Gasteiger partial charge in [0.15, 0.2) is 0 Å². The van der Waals surface area contributed by atoms with Gasteiger partial charge in [0.1, 0.15) is 0 Å². The molecular formula is C12H21NOS. The maximum atomic E-state index is 5.17. The molecule has 2 nitrogen and oxygen atoms in total. The Morgan fingerprint density at radius 1 is 1.53 bits per heavy atom. The van der Waals surface area contributed by atoms with Gasteiger partial charge in [0.05, 0.1) is 0 Å². The first kappa shape index (κ1) is 12.7. The highest BCUT2D eigenvalue weighted by Crippen LogP contribution is 2.27. The van der Waals surface area contributed by atoms with Crippen LogP contribution in [-0.2, 0) is 4.74 Å². The molecular weight excluding hydrogens is 206 g/mol. The summed E-state index contributed by atoms with van der Waals surface area (Å²) >= 11 is 1.82. The van der Waals surface area contributed by atoms with E-state index in [1.54, 1.807) is 7.11 Å². The number of hydrogen-bond acceptors (Lipinski definition) is 3. The number of thiophene rings is 1. The second kappa shape index (κ2) is 6.26. The summed E-state index contributed by atoms with van der Waals surface area (Å²) in [7, 11) is 3.79. The molecule has 1 aromatic heterocycles. The second-order valence-electron chi connectivity index (χ2n) is 4.07. The maximum absolute atomic E-state index is 5.17. The minimum Gasteiger partial charge on any atom is -0.384 e. The molecule has 0 saturated heterocycles. The van der Waals surface area contributed by atoms with Crippen molar-refractivity contribution in [3.05, 3.63) is 21.9 Å². The van der Waals surface area contributed by atoms with Crippen molar-refractivity contribution in [3.63, 3.8) is 0 Å². The highest BCUT2D eigenvalue weighted by Gasteiger charge is 2.15. The Labute approximate surface area is 96.7 Å². The summed E-state index contributed by atoms with van der Waals surface area (Å²) in [6.45, 7) is 5.25. The molecule has 1 rings (SSSR count). The molecule has 0 amide bonds. The van der Waals surface area contributed by atoms with Gasteiger partial charge in [-0.25, -0.2) is 0 Å². The van der Waals surface area contributed by atoms with E-state index in [1.165, 1.54) is 10.4 Å². The zero-order chi connectivity index (χ0) is 11.3. The Morgan fingerprint density at radius 3 is 2.73 bits per heavy atom. The van der Waals surface area contributed by atoms with Crippen LogP contribution in [0.25, 0.3) is 0 Å². The molecule has 2 unspecified atom stereocenters. The topological polar surface area (TPSA) is 21.3 Å². The van der Waals surface area contributed by atoms with E-state index in [1.807, 2.05) is 18.4 Å². The highest BCUT2D eigenvalue weighted by atomic mass is 32.1. The molecule has 3 heteroatoms. The summed E-state index contributed by atoms with van der Waals surface area (Å²) < 4.78 is 5.17. The molecule has 0 radical (unpaired) electrons. The Bertz CT molecular complexity index is 285. The monoisotopic (exact) mass is 227 g/mol. The minimum atomic E-state index is 0.460. The lowest BCUT2D eigenvalue weighted by Gasteiger charge is -2.20. The minimum absolute atomic E-state index is 0.460. The number of methoxy groups -OCH3 is 1. The predicted molar refractivity (Wildman–Crippen MR) is 66.5 cm³/mol. The Kier molecular flexibility index (Phi) is 5.29. The van der Waals surface area contributed by atoms with E-state index < -0.39 is 0 Å². The van der Waals surface area contributed by atoms with Gasteiger partial charge in [-0.3, -0.25) is 0 Å². The van der Waals surface area contributed by atoms with Gasteiger partial charge in [-0.05, 0) is 43.3 Å². The van der Waals surface area contributed by atoms with E-state index in [0.29, 0.717) is 12.0 Å². The largest absolute Gasteiger partial charge is 0.384 e. The van der Waals surface area contributed by atoms with E-state index >= 15 is 0 Å². The zero-order valence-corrected chi connectivity index (χ0v) is 10.9. The fourth-order valence-corrected chi connectivity index (χ4v) is 2.68. The van der Waals surface area contributed by atoms with Gasteiger partial charge in [0.2, 0.25) is 0 Å². The van der Waals surface area contributed by atoms with Crippen LogP contribution in [0.1, 0.15) is 29.8 Å². The van der Waals surface area contributed by atoms with Crippen LogP contribution >= 0.6 is 11.3 Å². The van der Waals surface area contributed by atoms with Gasteiger partial charge in [-0.15, -0.1) is 11.3 Å². The highest BCUT2D eigenvalue weighted by molar-refractivity contribution is 7.10. The number of aryl methyl sites for hydroxylation is 1. The molecule has 0 fully saturated rings. The average Bonchev–Trinajstić information content (AvgIpc) is 2.61. The molecule has 0 aliphatic heterocycles. The van der Waals surface area contributed by atoms with Gasteiger partial charge < -0.3 is 10.1 Å². The van der Waals surface area contributed by atoms with E-state index in [2.05, 4.69) is 30.6 Å². The van der Waals surface area contributed by atoms with Crippen molar-refractivity contribution in [2.45, 2.75) is 26.3 Å². The molecule has 0 spiro atoms. The molecule has 2 atom stereocenters. The van der Waals surface area contributed by atoms with Crippen molar-refractivity contribution in [1.29, 1.82) is 0 Å². The molecule has 1 heterocycles. The van der Waals surface area contributed by atoms with Crippen molar-refractivity contribution >= 4 is 11.3 Å². The van der Waals surface area contributed by atoms with E-state index in [4.69, 9.17) is 4.74 Å². The van der Waals surface area contributed by atoms with Gasteiger partial charge >= 0.3 is 0 Å². The number of ether oxygens (including phenoxy) is 1. The van der Waals surface area contributed by atoms with Crippen LogP contribution in [0, 0.1) is 12.8 Å². The van der Waals surface area contributed by atoms with Crippen molar-refractivity contribution < 1.29 is 4.74 Å². The molecule has 0 bridgehead atoms. The van der Waals surface area contributed by atoms with Crippen LogP contribution in [-0.4, -0.2) is 20.8 Å². The maximum Gasteiger partial charge on any atom is 0.0488 e. The van der Waals surface area contributed by atoms with Crippen molar-refractivity contribution in [2.24, 2.45) is 5.92 Å². The fourth-order valence-electron chi connectivity index (χ4n) is 1.91. The number of nitrogens with one attached hydrogen (secondary N) is 1. The predicted octanol–water partition coefficient (Wildman–Crippen LogP) is 2.99. The summed E-state index contributed by atoms with van der Waals surface area (Å²) in [6, 6.07) is 2.68. The lowest BCUT2D eigenvalue weighted by Crippen LogP contribution is -2.20. The van der Waals surface area contributed by atoms with E-state index in [9.17, 15) is 0 Å². The van der Waals surface area contributed by atoms with E-state index in [0.717, 1.165) is 13.0 Å². The SMILES string of the molecule is CNC(CC(C)COC)c1ccsc1C. The van der Waals surface area contributed by atoms with Gasteiger partial charge in [0, 0.05) is 24.6 Å². The number of rotatable bonds is 6. The summed E-state index contributed by atoms with van der Waals surface area (Å²) in [5.41, 5.74) is 1.44. The second-order valence-corrected chi connectivity index (χ2v) is 5.19. The van der Waals surface area contributed by atoms with Crippen molar-refractivity contribution in [2.75, 3.05) is 20.8 Å². The van der Waals surface area contributed by atoms with Crippen LogP contribution in [0.15, 0.2) is 11.4 Å². The normalized spacial score (nSPS) is 15.2. The molecule has 0 saturated carbocycles. The average molecular weight is 227 g/mol. The Hall–Kier alpha value is -0.380. The Balaban J connectivity index is 2.60. The number of hydrogen-bond donors (Lipinski definition) is 1. The lowest BCUT2D eigenvalue weighted by atomic mass is 9.97. The molecule has 86 valence electrons. The summed E-state index contributed by atoms with van der Waals surface area (Å²) in [5, 5.41) is 5.55. The molecule has 0 aromatic carbocycles. The third-order valence-electron chi connectivity index (χ3n) is 2.71. The molecule has 0 aliphatic carbocycles. The fraction of sp³-hybridized carbons (Fsp3) is 0.667. The summed E-state index contributed by atoms with van der Waals surface area (Å²) in [6.07, 6.45) is 1.13. The Morgan fingerprint density at radius 2 is 2.27 bits per heavy atom. The van der Waals surface area contributed by atoms with E-state index in [-0.39, 0.29) is 0 Å². The smallest absolute Gasteiger partial charge is 0.0488 e. The molecule has 15 heavy (non-hydrogen) atoms. The summed E-state index contributed by atoms with van der Waals surface area (Å²) in [5.74, 6) is 0.590. The van der Waals surface area contributed by atoms with Crippen LogP contribution in [0.5, 0.6) is 0 Å². The van der Waals surface area contributed by atoms with Crippen molar-refractivity contribution in [1.82, 2.24) is 5.32 Å². The first-order chi connectivity index (χ1) is 7.19. The lowest BCUT2D eigenvalue weighted by molar-refractivity contribution is 0.150. The van der Waals surface area contributed by atoms with Crippen LogP contribution < -0.4 is 5.32 Å². The molecule has 0 aliphatic rings. The quantitative estimate of drug-likeness (QED) is 0.806. The van der Waals surface area contributed by atoms with Gasteiger partial charge in [-0.2, -0.15) is 0 Å². The zero-order valence-electron chi connectivity index (χ0n) is 10.0. The van der Waals surface area contributed by atoms with Gasteiger partial charge in [-0.1, -0.05) is 6.92 Å². The third kappa shape index (κ3) is 3.59.